The van der Waals surface area contributed by atoms with Crippen LogP contribution in [0.4, 0.5) is 5.82 Å². The molecule has 2 N–H and O–H groups in total. The van der Waals surface area contributed by atoms with Crippen LogP contribution in [0.3, 0.4) is 0 Å². The van der Waals surface area contributed by atoms with Gasteiger partial charge in [0.25, 0.3) is 0 Å². The van der Waals surface area contributed by atoms with E-state index in [1.807, 2.05) is 25.5 Å². The van der Waals surface area contributed by atoms with Gasteiger partial charge in [0.1, 0.15) is 18.5 Å². The zero-order valence-electron chi connectivity index (χ0n) is 17.6. The largest absolute Gasteiger partial charge is 0.388 e. The summed E-state index contributed by atoms with van der Waals surface area (Å²) < 4.78 is 1.82. The predicted octanol–water partition coefficient (Wildman–Crippen LogP) is 0.168. The highest BCUT2D eigenvalue weighted by Crippen LogP contribution is 2.36. The van der Waals surface area contributed by atoms with Crippen molar-refractivity contribution >= 4 is 17.0 Å². The van der Waals surface area contributed by atoms with Crippen molar-refractivity contribution in [2.24, 2.45) is 0 Å². The second kappa shape index (κ2) is 6.38. The number of hydrogen-bond donors (Lipinski definition) is 2. The normalized spacial score (nSPS) is 24.9. The van der Waals surface area contributed by atoms with Gasteiger partial charge >= 0.3 is 0 Å². The van der Waals surface area contributed by atoms with Gasteiger partial charge in [-0.05, 0) is 36.6 Å². The summed E-state index contributed by atoms with van der Waals surface area (Å²) in [5.74, 6) is 1.75. The van der Waals surface area contributed by atoms with Crippen molar-refractivity contribution in [3.8, 4) is 0 Å². The molecule has 0 bridgehead atoms. The number of rotatable bonds is 4. The van der Waals surface area contributed by atoms with Crippen molar-refractivity contribution in [3.63, 3.8) is 0 Å². The quantitative estimate of drug-likeness (QED) is 0.606. The van der Waals surface area contributed by atoms with E-state index in [1.165, 1.54) is 4.80 Å². The summed E-state index contributed by atoms with van der Waals surface area (Å²) in [5.41, 5.74) is -0.862. The van der Waals surface area contributed by atoms with Crippen LogP contribution in [0.15, 0.2) is 0 Å². The van der Waals surface area contributed by atoms with Crippen molar-refractivity contribution in [2.45, 2.75) is 76.8 Å². The molecule has 2 aliphatic rings. The lowest BCUT2D eigenvalue weighted by Crippen LogP contribution is -2.48. The smallest absolute Gasteiger partial charge is 0.207 e. The zero-order valence-corrected chi connectivity index (χ0v) is 17.6. The minimum absolute atomic E-state index is 0.309. The molecule has 3 aromatic heterocycles. The summed E-state index contributed by atoms with van der Waals surface area (Å²) in [6.07, 6.45) is 1.71. The summed E-state index contributed by atoms with van der Waals surface area (Å²) in [6.45, 7) is 8.40. The molecule has 160 valence electrons. The lowest BCUT2D eigenvalue weighted by atomic mass is 9.95. The summed E-state index contributed by atoms with van der Waals surface area (Å²) in [7, 11) is 0. The van der Waals surface area contributed by atoms with E-state index in [0.29, 0.717) is 54.2 Å². The highest BCUT2D eigenvalue weighted by molar-refractivity contribution is 5.83. The lowest BCUT2D eigenvalue weighted by molar-refractivity contribution is -0.0367. The first-order valence-electron chi connectivity index (χ1n) is 10.2. The topological polar surface area (TPSA) is 144 Å². The fraction of sp³-hybridized carbons (Fsp3) is 0.722. The molecule has 0 unspecified atom stereocenters. The Morgan fingerprint density at radius 1 is 1.13 bits per heavy atom. The summed E-state index contributed by atoms with van der Waals surface area (Å²) in [4.78, 5) is 12.6. The maximum absolute atomic E-state index is 10.9. The van der Waals surface area contributed by atoms with Crippen molar-refractivity contribution < 1.29 is 10.2 Å². The Morgan fingerprint density at radius 3 is 2.53 bits per heavy atom. The van der Waals surface area contributed by atoms with Gasteiger partial charge in [0.15, 0.2) is 22.9 Å². The first-order valence-corrected chi connectivity index (χ1v) is 10.2. The highest BCUT2D eigenvalue weighted by atomic mass is 16.4. The molecule has 2 fully saturated rings. The molecule has 1 saturated heterocycles. The summed E-state index contributed by atoms with van der Waals surface area (Å²) in [6, 6.07) is 0.351. The first kappa shape index (κ1) is 19.2. The van der Waals surface area contributed by atoms with E-state index in [1.54, 1.807) is 11.8 Å². The Hall–Kier alpha value is -2.73. The zero-order chi connectivity index (χ0) is 21.3. The van der Waals surface area contributed by atoms with Crippen LogP contribution >= 0.6 is 0 Å². The second-order valence-electron chi connectivity index (χ2n) is 9.34. The summed E-state index contributed by atoms with van der Waals surface area (Å²) >= 11 is 0. The molecular formula is C18H26N10O2. The molecule has 5 rings (SSSR count). The van der Waals surface area contributed by atoms with E-state index in [2.05, 4.69) is 30.7 Å². The minimum atomic E-state index is -1.45. The van der Waals surface area contributed by atoms with Crippen molar-refractivity contribution in [1.82, 2.24) is 45.2 Å². The number of anilines is 1. The van der Waals surface area contributed by atoms with E-state index in [0.717, 1.165) is 12.8 Å². The highest BCUT2D eigenvalue weighted by Gasteiger charge is 2.45. The Bertz CT molecular complexity index is 1090. The Balaban J connectivity index is 1.60. The van der Waals surface area contributed by atoms with Gasteiger partial charge in [-0.25, -0.2) is 14.6 Å². The fourth-order valence-electron chi connectivity index (χ4n) is 3.73. The van der Waals surface area contributed by atoms with E-state index in [4.69, 9.17) is 4.98 Å². The minimum Gasteiger partial charge on any atom is -0.388 e. The van der Waals surface area contributed by atoms with Crippen LogP contribution in [0, 0.1) is 0 Å². The standard InChI is InChI=1S/C18H26N10O2/c1-17(2,3)16-19-14-13(15(20-16)26-8-7-11(29)18(26,4)30)22-27(23-14)9-12-21-24-25-28(12)10-5-6-10/h10-11,29-30H,5-9H2,1-4H3/t11-,18-/m0/s1. The summed E-state index contributed by atoms with van der Waals surface area (Å²) in [5, 5.41) is 42.3. The van der Waals surface area contributed by atoms with Gasteiger partial charge in [0.05, 0.1) is 6.04 Å². The molecule has 0 radical (unpaired) electrons. The van der Waals surface area contributed by atoms with Gasteiger partial charge in [-0.15, -0.1) is 15.3 Å². The lowest BCUT2D eigenvalue weighted by Gasteiger charge is -2.33. The molecule has 0 amide bonds. The van der Waals surface area contributed by atoms with Crippen molar-refractivity contribution in [3.05, 3.63) is 11.6 Å². The molecular weight excluding hydrogens is 388 g/mol. The first-order chi connectivity index (χ1) is 14.1. The number of fused-ring (bicyclic) bond motifs is 1. The van der Waals surface area contributed by atoms with Crippen LogP contribution in [0.2, 0.25) is 0 Å². The molecule has 0 aromatic carbocycles. The van der Waals surface area contributed by atoms with Gasteiger partial charge < -0.3 is 15.1 Å². The van der Waals surface area contributed by atoms with Crippen LogP contribution in [-0.4, -0.2) is 73.8 Å². The average molecular weight is 414 g/mol. The molecule has 1 saturated carbocycles. The fourth-order valence-corrected chi connectivity index (χ4v) is 3.73. The number of aliphatic hydroxyl groups excluding tert-OH is 1. The average Bonchev–Trinajstić information content (AvgIpc) is 3.15. The third-order valence-electron chi connectivity index (χ3n) is 5.74. The Kier molecular flexibility index (Phi) is 4.09. The van der Waals surface area contributed by atoms with Crippen LogP contribution in [0.5, 0.6) is 0 Å². The van der Waals surface area contributed by atoms with Gasteiger partial charge in [-0.3, -0.25) is 0 Å². The second-order valence-corrected chi connectivity index (χ2v) is 9.34. The monoisotopic (exact) mass is 414 g/mol. The molecule has 1 aliphatic carbocycles. The molecule has 3 aromatic rings. The number of tetrazole rings is 1. The van der Waals surface area contributed by atoms with E-state index < -0.39 is 11.8 Å². The number of aromatic nitrogens is 9. The van der Waals surface area contributed by atoms with Gasteiger partial charge in [0.2, 0.25) is 5.65 Å². The Morgan fingerprint density at radius 2 is 1.90 bits per heavy atom. The van der Waals surface area contributed by atoms with E-state index >= 15 is 0 Å². The van der Waals surface area contributed by atoms with Gasteiger partial charge in [-0.2, -0.15) is 4.80 Å². The molecule has 4 heterocycles. The molecule has 0 spiro atoms. The van der Waals surface area contributed by atoms with Crippen LogP contribution in [-0.2, 0) is 12.0 Å². The maximum Gasteiger partial charge on any atom is 0.207 e. The molecule has 1 aliphatic heterocycles. The number of nitrogens with zero attached hydrogens (tertiary/aromatic N) is 10. The third-order valence-corrected chi connectivity index (χ3v) is 5.74. The van der Waals surface area contributed by atoms with Gasteiger partial charge in [0, 0.05) is 12.0 Å². The predicted molar refractivity (Wildman–Crippen MR) is 106 cm³/mol. The number of hydrogen-bond acceptors (Lipinski definition) is 10. The van der Waals surface area contributed by atoms with E-state index in [9.17, 15) is 10.2 Å². The molecule has 30 heavy (non-hydrogen) atoms. The molecule has 12 heteroatoms. The SMILES string of the molecule is CC(C)(C)c1nc(N2CC[C@H](O)[C@]2(C)O)c2nn(Cc3nnnn3C3CC3)nc2n1. The van der Waals surface area contributed by atoms with Crippen LogP contribution < -0.4 is 4.90 Å². The van der Waals surface area contributed by atoms with Gasteiger partial charge in [-0.1, -0.05) is 20.8 Å². The molecule has 12 nitrogen and oxygen atoms in total. The Labute approximate surface area is 172 Å². The third kappa shape index (κ3) is 3.10. The molecule has 2 atom stereocenters. The maximum atomic E-state index is 10.9. The van der Waals surface area contributed by atoms with E-state index in [-0.39, 0.29) is 5.41 Å². The van der Waals surface area contributed by atoms with Crippen LogP contribution in [0.1, 0.15) is 64.6 Å². The number of aliphatic hydroxyl groups is 2. The van der Waals surface area contributed by atoms with Crippen LogP contribution in [0.25, 0.3) is 11.2 Å². The van der Waals surface area contributed by atoms with Crippen molar-refractivity contribution in [2.75, 3.05) is 11.4 Å². The van der Waals surface area contributed by atoms with Crippen molar-refractivity contribution in [1.29, 1.82) is 0 Å².